The lowest BCUT2D eigenvalue weighted by molar-refractivity contribution is 0.290. The lowest BCUT2D eigenvalue weighted by atomic mass is 9.79. The minimum absolute atomic E-state index is 0.391. The van der Waals surface area contributed by atoms with Gasteiger partial charge in [-0.15, -0.1) is 0 Å². The molecule has 0 aromatic heterocycles. The highest BCUT2D eigenvalue weighted by Crippen LogP contribution is 2.44. The summed E-state index contributed by atoms with van der Waals surface area (Å²) >= 11 is 0. The lowest BCUT2D eigenvalue weighted by Crippen LogP contribution is -2.30. The highest BCUT2D eigenvalue weighted by Gasteiger charge is 2.37. The number of benzene rings is 1. The van der Waals surface area contributed by atoms with Gasteiger partial charge in [-0.1, -0.05) is 43.7 Å². The molecule has 1 heteroatoms. The van der Waals surface area contributed by atoms with Gasteiger partial charge < -0.3 is 5.73 Å². The molecule has 2 atom stereocenters. The lowest BCUT2D eigenvalue weighted by Gasteiger charge is -2.28. The van der Waals surface area contributed by atoms with E-state index in [1.165, 1.54) is 37.7 Å². The minimum atomic E-state index is 0.391. The average molecular weight is 217 g/mol. The topological polar surface area (TPSA) is 26.0 Å². The molecule has 2 unspecified atom stereocenters. The van der Waals surface area contributed by atoms with Crippen molar-refractivity contribution < 1.29 is 0 Å². The number of rotatable bonds is 4. The van der Waals surface area contributed by atoms with Crippen molar-refractivity contribution in [3.8, 4) is 0 Å². The van der Waals surface area contributed by atoms with Gasteiger partial charge in [0, 0.05) is 0 Å². The van der Waals surface area contributed by atoms with Crippen LogP contribution in [0.15, 0.2) is 30.3 Å². The van der Waals surface area contributed by atoms with Gasteiger partial charge in [-0.25, -0.2) is 0 Å². The Morgan fingerprint density at radius 2 is 2.06 bits per heavy atom. The third-order valence-electron chi connectivity index (χ3n) is 4.24. The Morgan fingerprint density at radius 3 is 2.62 bits per heavy atom. The van der Waals surface area contributed by atoms with Gasteiger partial charge in [0.2, 0.25) is 0 Å². The van der Waals surface area contributed by atoms with Crippen molar-refractivity contribution in [1.29, 1.82) is 0 Å². The van der Waals surface area contributed by atoms with E-state index in [1.807, 2.05) is 0 Å². The van der Waals surface area contributed by atoms with Crippen LogP contribution in [0, 0.1) is 11.3 Å². The summed E-state index contributed by atoms with van der Waals surface area (Å²) in [5.41, 5.74) is 7.87. The molecule has 1 saturated carbocycles. The third-order valence-corrected chi connectivity index (χ3v) is 4.24. The number of nitrogens with two attached hydrogens (primary N) is 1. The highest BCUT2D eigenvalue weighted by molar-refractivity contribution is 5.17. The van der Waals surface area contributed by atoms with E-state index >= 15 is 0 Å². The van der Waals surface area contributed by atoms with Crippen LogP contribution in [0.5, 0.6) is 0 Å². The number of hydrogen-bond acceptors (Lipinski definition) is 1. The Hall–Kier alpha value is -0.820. The minimum Gasteiger partial charge on any atom is -0.330 e. The molecule has 1 aromatic carbocycles. The molecule has 16 heavy (non-hydrogen) atoms. The van der Waals surface area contributed by atoms with Crippen LogP contribution in [0.1, 0.15) is 38.2 Å². The summed E-state index contributed by atoms with van der Waals surface area (Å²) in [6.07, 6.45) is 6.50. The van der Waals surface area contributed by atoms with Gasteiger partial charge >= 0.3 is 0 Å². The summed E-state index contributed by atoms with van der Waals surface area (Å²) in [6.45, 7) is 3.15. The predicted octanol–water partition coefficient (Wildman–Crippen LogP) is 3.38. The molecule has 0 radical (unpaired) electrons. The zero-order valence-electron chi connectivity index (χ0n) is 10.3. The second-order valence-corrected chi connectivity index (χ2v) is 5.38. The molecule has 0 heterocycles. The second-order valence-electron chi connectivity index (χ2n) is 5.38. The summed E-state index contributed by atoms with van der Waals surface area (Å²) in [4.78, 5) is 0. The van der Waals surface area contributed by atoms with E-state index in [0.29, 0.717) is 5.41 Å². The smallest absolute Gasteiger partial charge is 0.00172 e. The average Bonchev–Trinajstić information content (AvgIpc) is 2.75. The Labute approximate surface area is 99.0 Å². The van der Waals surface area contributed by atoms with Crippen LogP contribution in [0.25, 0.3) is 0 Å². The largest absolute Gasteiger partial charge is 0.330 e. The van der Waals surface area contributed by atoms with E-state index in [4.69, 9.17) is 5.73 Å². The quantitative estimate of drug-likeness (QED) is 0.822. The van der Waals surface area contributed by atoms with Gasteiger partial charge in [0.25, 0.3) is 0 Å². The summed E-state index contributed by atoms with van der Waals surface area (Å²) in [6, 6.07) is 10.8. The highest BCUT2D eigenvalue weighted by atomic mass is 14.6. The Balaban J connectivity index is 2.06. The molecule has 1 aliphatic carbocycles. The summed E-state index contributed by atoms with van der Waals surface area (Å²) in [5, 5.41) is 0. The molecule has 1 fully saturated rings. The maximum absolute atomic E-state index is 6.03. The SMILES string of the molecule is CCC1CCC(CN)(Cc2ccccc2)C1. The van der Waals surface area contributed by atoms with Gasteiger partial charge in [0.1, 0.15) is 0 Å². The summed E-state index contributed by atoms with van der Waals surface area (Å²) in [7, 11) is 0. The van der Waals surface area contributed by atoms with Crippen molar-refractivity contribution >= 4 is 0 Å². The third kappa shape index (κ3) is 2.46. The van der Waals surface area contributed by atoms with E-state index < -0.39 is 0 Å². The molecule has 2 rings (SSSR count). The maximum atomic E-state index is 6.03. The molecule has 0 amide bonds. The molecule has 0 spiro atoms. The van der Waals surface area contributed by atoms with Crippen LogP contribution >= 0.6 is 0 Å². The van der Waals surface area contributed by atoms with E-state index in [1.54, 1.807) is 0 Å². The molecular formula is C15H23N. The van der Waals surface area contributed by atoms with Crippen molar-refractivity contribution in [3.63, 3.8) is 0 Å². The Morgan fingerprint density at radius 1 is 1.31 bits per heavy atom. The molecule has 88 valence electrons. The maximum Gasteiger partial charge on any atom is -0.00172 e. The summed E-state index contributed by atoms with van der Waals surface area (Å²) < 4.78 is 0. The normalized spacial score (nSPS) is 29.5. The van der Waals surface area contributed by atoms with E-state index in [9.17, 15) is 0 Å². The molecular weight excluding hydrogens is 194 g/mol. The van der Waals surface area contributed by atoms with Gasteiger partial charge in [0.05, 0.1) is 0 Å². The van der Waals surface area contributed by atoms with Crippen molar-refractivity contribution in [3.05, 3.63) is 35.9 Å². The van der Waals surface area contributed by atoms with Crippen LogP contribution in [-0.4, -0.2) is 6.54 Å². The number of hydrogen-bond donors (Lipinski definition) is 1. The molecule has 1 aliphatic rings. The van der Waals surface area contributed by atoms with Crippen LogP contribution in [0.3, 0.4) is 0 Å². The van der Waals surface area contributed by atoms with Crippen LogP contribution in [0.2, 0.25) is 0 Å². The van der Waals surface area contributed by atoms with Crippen molar-refractivity contribution in [1.82, 2.24) is 0 Å². The zero-order chi connectivity index (χ0) is 11.4. The van der Waals surface area contributed by atoms with E-state index in [-0.39, 0.29) is 0 Å². The molecule has 0 aliphatic heterocycles. The summed E-state index contributed by atoms with van der Waals surface area (Å²) in [5.74, 6) is 0.910. The van der Waals surface area contributed by atoms with Crippen LogP contribution < -0.4 is 5.73 Å². The fraction of sp³-hybridized carbons (Fsp3) is 0.600. The fourth-order valence-corrected chi connectivity index (χ4v) is 3.12. The van der Waals surface area contributed by atoms with E-state index in [0.717, 1.165) is 12.5 Å². The van der Waals surface area contributed by atoms with Gasteiger partial charge in [0.15, 0.2) is 0 Å². The molecule has 2 N–H and O–H groups in total. The second kappa shape index (κ2) is 5.01. The first-order valence-electron chi connectivity index (χ1n) is 6.52. The van der Waals surface area contributed by atoms with Crippen molar-refractivity contribution in [2.24, 2.45) is 17.1 Å². The first-order valence-corrected chi connectivity index (χ1v) is 6.52. The Kier molecular flexibility index (Phi) is 3.65. The van der Waals surface area contributed by atoms with Crippen LogP contribution in [0.4, 0.5) is 0 Å². The standard InChI is InChI=1S/C15H23N/c1-2-13-8-9-15(10-13,12-16)11-14-6-4-3-5-7-14/h3-7,13H,2,8-12,16H2,1H3. The zero-order valence-corrected chi connectivity index (χ0v) is 10.3. The fourth-order valence-electron chi connectivity index (χ4n) is 3.12. The molecule has 0 bridgehead atoms. The monoisotopic (exact) mass is 217 g/mol. The van der Waals surface area contributed by atoms with Crippen molar-refractivity contribution in [2.75, 3.05) is 6.54 Å². The first kappa shape index (κ1) is 11.7. The van der Waals surface area contributed by atoms with Gasteiger partial charge in [-0.3, -0.25) is 0 Å². The van der Waals surface area contributed by atoms with Gasteiger partial charge in [-0.05, 0) is 49.1 Å². The Bertz CT molecular complexity index is 319. The first-order chi connectivity index (χ1) is 7.78. The molecule has 1 aromatic rings. The van der Waals surface area contributed by atoms with Gasteiger partial charge in [-0.2, -0.15) is 0 Å². The van der Waals surface area contributed by atoms with Crippen LogP contribution in [-0.2, 0) is 6.42 Å². The molecule has 0 saturated heterocycles. The van der Waals surface area contributed by atoms with E-state index in [2.05, 4.69) is 37.3 Å². The van der Waals surface area contributed by atoms with Crippen molar-refractivity contribution in [2.45, 2.75) is 39.0 Å². The predicted molar refractivity (Wildman–Crippen MR) is 69.3 cm³/mol. The molecule has 1 nitrogen and oxygen atoms in total.